The second-order valence-corrected chi connectivity index (χ2v) is 9.17. The number of nitrogens with one attached hydrogen (secondary N) is 1. The van der Waals surface area contributed by atoms with Gasteiger partial charge in [0.15, 0.2) is 5.82 Å². The predicted molar refractivity (Wildman–Crippen MR) is 132 cm³/mol. The minimum Gasteiger partial charge on any atom is -0.329 e. The zero-order valence-corrected chi connectivity index (χ0v) is 19.7. The highest BCUT2D eigenvalue weighted by atomic mass is 19.1. The maximum Gasteiger partial charge on any atom is 0.160 e. The van der Waals surface area contributed by atoms with Gasteiger partial charge < -0.3 is 14.9 Å². The van der Waals surface area contributed by atoms with Crippen LogP contribution in [0.25, 0.3) is 11.4 Å². The summed E-state index contributed by atoms with van der Waals surface area (Å²) in [6.07, 6.45) is 9.55. The Bertz CT molecular complexity index is 1140. The Morgan fingerprint density at radius 2 is 2.09 bits per heavy atom. The molecule has 1 aliphatic carbocycles. The zero-order valence-electron chi connectivity index (χ0n) is 19.7. The molecule has 3 aromatic rings. The van der Waals surface area contributed by atoms with E-state index in [1.54, 1.807) is 12.3 Å². The molecular formula is C27H32FN5. The number of anilines is 1. The molecule has 6 heteroatoms. The molecule has 0 bridgehead atoms. The first-order chi connectivity index (χ1) is 15.9. The summed E-state index contributed by atoms with van der Waals surface area (Å²) in [7, 11) is 0. The summed E-state index contributed by atoms with van der Waals surface area (Å²) in [6, 6.07) is 9.16. The van der Waals surface area contributed by atoms with E-state index in [1.807, 2.05) is 34.7 Å². The number of aromatic nitrogens is 3. The molecule has 1 N–H and O–H groups in total. The van der Waals surface area contributed by atoms with Gasteiger partial charge in [-0.05, 0) is 81.1 Å². The Labute approximate surface area is 195 Å². The Balaban J connectivity index is 1.87. The second kappa shape index (κ2) is 9.69. The summed E-state index contributed by atoms with van der Waals surface area (Å²) >= 11 is 0. The van der Waals surface area contributed by atoms with Crippen molar-refractivity contribution in [1.82, 2.24) is 14.5 Å². The van der Waals surface area contributed by atoms with Crippen molar-refractivity contribution in [1.29, 1.82) is 5.41 Å². The highest BCUT2D eigenvalue weighted by Gasteiger charge is 2.25. The molecule has 0 spiro atoms. The Hall–Kier alpha value is -3.28. The molecule has 0 unspecified atom stereocenters. The van der Waals surface area contributed by atoms with Crippen LogP contribution >= 0.6 is 0 Å². The maximum atomic E-state index is 14.2. The molecule has 1 aromatic carbocycles. The van der Waals surface area contributed by atoms with Crippen molar-refractivity contribution in [3.8, 4) is 11.4 Å². The van der Waals surface area contributed by atoms with Crippen molar-refractivity contribution in [3.05, 3.63) is 77.6 Å². The van der Waals surface area contributed by atoms with E-state index in [-0.39, 0.29) is 11.9 Å². The molecule has 0 atom stereocenters. The third kappa shape index (κ3) is 5.05. The molecule has 0 radical (unpaired) electrons. The Kier molecular flexibility index (Phi) is 6.72. The van der Waals surface area contributed by atoms with E-state index in [9.17, 15) is 4.39 Å². The lowest BCUT2D eigenvalue weighted by Crippen LogP contribution is -2.26. The standard InChI is InChI=1S/C27H32FN5/c1-5-32(18(2)3)27-25(16-29)33(17-21-13-19(4)14-22(28)15-21)26(31-27)23-7-6-12-30-24(23)11-10-20-8-9-20/h5-7,12-16,18,20,29H,1,8-11,17H2,2-4H3. The number of aryl methyl sites for hydroxylation is 2. The second-order valence-electron chi connectivity index (χ2n) is 9.17. The van der Waals surface area contributed by atoms with Crippen molar-refractivity contribution in [2.24, 2.45) is 5.92 Å². The van der Waals surface area contributed by atoms with E-state index in [2.05, 4.69) is 26.5 Å². The lowest BCUT2D eigenvalue weighted by atomic mass is 10.1. The van der Waals surface area contributed by atoms with Crippen molar-refractivity contribution >= 4 is 12.0 Å². The summed E-state index contributed by atoms with van der Waals surface area (Å²) in [5.74, 6) is 1.97. The molecule has 4 rings (SSSR count). The molecule has 2 aromatic heterocycles. The number of hydrogen-bond acceptors (Lipinski definition) is 4. The smallest absolute Gasteiger partial charge is 0.160 e. The fourth-order valence-electron chi connectivity index (χ4n) is 4.37. The first-order valence-corrected chi connectivity index (χ1v) is 11.6. The van der Waals surface area contributed by atoms with Crippen LogP contribution in [0.15, 0.2) is 49.3 Å². The van der Waals surface area contributed by atoms with Gasteiger partial charge in [0.1, 0.15) is 17.3 Å². The van der Waals surface area contributed by atoms with Crippen molar-refractivity contribution in [2.45, 2.75) is 59.0 Å². The highest BCUT2D eigenvalue weighted by Crippen LogP contribution is 2.35. The summed E-state index contributed by atoms with van der Waals surface area (Å²) < 4.78 is 16.2. The first kappa shape index (κ1) is 22.9. The number of pyridine rings is 1. The number of imidazole rings is 1. The monoisotopic (exact) mass is 445 g/mol. The van der Waals surface area contributed by atoms with Crippen molar-refractivity contribution in [2.75, 3.05) is 4.90 Å². The largest absolute Gasteiger partial charge is 0.329 e. The van der Waals surface area contributed by atoms with E-state index in [0.29, 0.717) is 18.1 Å². The van der Waals surface area contributed by atoms with E-state index in [1.165, 1.54) is 25.1 Å². The van der Waals surface area contributed by atoms with Crippen LogP contribution < -0.4 is 4.90 Å². The molecule has 172 valence electrons. The molecule has 2 heterocycles. The van der Waals surface area contributed by atoms with Crippen LogP contribution in [0.2, 0.25) is 0 Å². The normalized spacial score (nSPS) is 13.4. The summed E-state index contributed by atoms with van der Waals surface area (Å²) in [4.78, 5) is 11.7. The van der Waals surface area contributed by atoms with Gasteiger partial charge in [-0.1, -0.05) is 25.5 Å². The fourth-order valence-corrected chi connectivity index (χ4v) is 4.37. The van der Waals surface area contributed by atoms with E-state index in [4.69, 9.17) is 15.4 Å². The number of halogens is 1. The van der Waals surface area contributed by atoms with Crippen LogP contribution in [-0.2, 0) is 13.0 Å². The van der Waals surface area contributed by atoms with Crippen LogP contribution in [0.5, 0.6) is 0 Å². The van der Waals surface area contributed by atoms with Crippen LogP contribution in [0.3, 0.4) is 0 Å². The lowest BCUT2D eigenvalue weighted by molar-refractivity contribution is 0.622. The molecule has 33 heavy (non-hydrogen) atoms. The summed E-state index contributed by atoms with van der Waals surface area (Å²) in [5, 5.41) is 8.22. The third-order valence-corrected chi connectivity index (χ3v) is 6.18. The fraction of sp³-hybridized carbons (Fsp3) is 0.370. The van der Waals surface area contributed by atoms with E-state index < -0.39 is 0 Å². The minimum atomic E-state index is -0.260. The van der Waals surface area contributed by atoms with Gasteiger partial charge in [-0.25, -0.2) is 9.37 Å². The van der Waals surface area contributed by atoms with Crippen molar-refractivity contribution in [3.63, 3.8) is 0 Å². The van der Waals surface area contributed by atoms with Gasteiger partial charge in [0.25, 0.3) is 0 Å². The molecule has 0 saturated heterocycles. The predicted octanol–water partition coefficient (Wildman–Crippen LogP) is 6.14. The van der Waals surface area contributed by atoms with Gasteiger partial charge >= 0.3 is 0 Å². The Morgan fingerprint density at radius 3 is 2.73 bits per heavy atom. The molecule has 0 amide bonds. The number of benzene rings is 1. The zero-order chi connectivity index (χ0) is 23.5. The topological polar surface area (TPSA) is 57.8 Å². The maximum absolute atomic E-state index is 14.2. The Morgan fingerprint density at radius 1 is 1.30 bits per heavy atom. The first-order valence-electron chi connectivity index (χ1n) is 11.6. The molecular weight excluding hydrogens is 413 g/mol. The minimum absolute atomic E-state index is 0.122. The molecule has 1 fully saturated rings. The van der Waals surface area contributed by atoms with Crippen LogP contribution in [0, 0.1) is 24.1 Å². The van der Waals surface area contributed by atoms with Gasteiger partial charge in [-0.15, -0.1) is 0 Å². The van der Waals surface area contributed by atoms with Crippen molar-refractivity contribution < 1.29 is 4.39 Å². The molecule has 1 aliphatic rings. The quantitative estimate of drug-likeness (QED) is 0.381. The lowest BCUT2D eigenvalue weighted by Gasteiger charge is -2.22. The number of nitrogens with zero attached hydrogens (tertiary/aromatic N) is 4. The number of rotatable bonds is 10. The summed E-state index contributed by atoms with van der Waals surface area (Å²) in [5.41, 5.74) is 4.35. The van der Waals surface area contributed by atoms with Crippen LogP contribution in [0.4, 0.5) is 10.2 Å². The molecule has 5 nitrogen and oxygen atoms in total. The van der Waals surface area contributed by atoms with Crippen LogP contribution in [-0.4, -0.2) is 26.8 Å². The summed E-state index contributed by atoms with van der Waals surface area (Å²) in [6.45, 7) is 10.4. The average Bonchev–Trinajstić information content (AvgIpc) is 3.54. The molecule has 1 saturated carbocycles. The van der Waals surface area contributed by atoms with E-state index in [0.717, 1.165) is 47.0 Å². The number of hydrogen-bond donors (Lipinski definition) is 1. The van der Waals surface area contributed by atoms with Gasteiger partial charge in [-0.3, -0.25) is 4.98 Å². The third-order valence-electron chi connectivity index (χ3n) is 6.18. The van der Waals surface area contributed by atoms with Gasteiger partial charge in [0, 0.05) is 30.6 Å². The highest BCUT2D eigenvalue weighted by molar-refractivity contribution is 5.85. The molecule has 0 aliphatic heterocycles. The SMILES string of the molecule is C=CN(c1nc(-c2cccnc2CCC2CC2)n(Cc2cc(C)cc(F)c2)c1C=N)C(C)C. The average molecular weight is 446 g/mol. The van der Waals surface area contributed by atoms with Crippen LogP contribution in [0.1, 0.15) is 55.6 Å². The van der Waals surface area contributed by atoms with Gasteiger partial charge in [-0.2, -0.15) is 0 Å². The van der Waals surface area contributed by atoms with Gasteiger partial charge in [0.2, 0.25) is 0 Å². The van der Waals surface area contributed by atoms with Gasteiger partial charge in [0.05, 0.1) is 5.69 Å². The van der Waals surface area contributed by atoms with E-state index >= 15 is 0 Å².